The molecule has 1 aliphatic rings. The number of aliphatic imine (C=N–C) groups is 1. The topological polar surface area (TPSA) is 93.3 Å². The van der Waals surface area contributed by atoms with Gasteiger partial charge in [-0.3, -0.25) is 9.79 Å². The average molecular weight is 377 g/mol. The van der Waals surface area contributed by atoms with Gasteiger partial charge in [0.15, 0.2) is 0 Å². The Kier molecular flexibility index (Phi) is 4.68. The van der Waals surface area contributed by atoms with Gasteiger partial charge in [-0.05, 0) is 60.5 Å². The number of pyridine rings is 2. The van der Waals surface area contributed by atoms with Gasteiger partial charge in [0.25, 0.3) is 0 Å². The van der Waals surface area contributed by atoms with E-state index in [-0.39, 0.29) is 11.8 Å². The molecular weight excluding hydrogens is 358 g/mol. The predicted molar refractivity (Wildman–Crippen MR) is 110 cm³/mol. The molecule has 6 nitrogen and oxygen atoms in total. The zero-order valence-corrected chi connectivity index (χ0v) is 15.7. The lowest BCUT2D eigenvalue weighted by molar-refractivity contribution is -0.117. The van der Waals surface area contributed by atoms with Crippen molar-refractivity contribution in [3.8, 4) is 10.4 Å². The van der Waals surface area contributed by atoms with Crippen molar-refractivity contribution in [3.05, 3.63) is 53.2 Å². The summed E-state index contributed by atoms with van der Waals surface area (Å²) >= 11 is 1.67. The van der Waals surface area contributed by atoms with Crippen molar-refractivity contribution in [3.63, 3.8) is 0 Å². The molecule has 3 aromatic heterocycles. The fourth-order valence-corrected chi connectivity index (χ4v) is 3.48. The Balaban J connectivity index is 1.54. The summed E-state index contributed by atoms with van der Waals surface area (Å²) in [4.78, 5) is 25.9. The van der Waals surface area contributed by atoms with E-state index < -0.39 is 0 Å². The molecule has 7 heteroatoms. The second kappa shape index (κ2) is 7.28. The van der Waals surface area contributed by atoms with E-state index in [9.17, 15) is 4.79 Å². The molecule has 3 N–H and O–H groups in total. The van der Waals surface area contributed by atoms with Crippen LogP contribution in [-0.4, -0.2) is 22.1 Å². The molecule has 1 amide bonds. The van der Waals surface area contributed by atoms with E-state index in [4.69, 9.17) is 5.73 Å². The highest BCUT2D eigenvalue weighted by Gasteiger charge is 2.29. The quantitative estimate of drug-likeness (QED) is 0.652. The molecule has 3 heterocycles. The number of amides is 1. The van der Waals surface area contributed by atoms with E-state index >= 15 is 0 Å². The van der Waals surface area contributed by atoms with Crippen LogP contribution < -0.4 is 11.1 Å². The molecule has 4 rings (SSSR count). The van der Waals surface area contributed by atoms with E-state index in [1.165, 1.54) is 5.56 Å². The molecule has 0 unspecified atom stereocenters. The predicted octanol–water partition coefficient (Wildman–Crippen LogP) is 4.19. The van der Waals surface area contributed by atoms with Crippen molar-refractivity contribution in [2.24, 2.45) is 10.9 Å². The number of nitrogens with two attached hydrogens (primary N) is 1. The third kappa shape index (κ3) is 4.20. The molecule has 0 aliphatic heterocycles. The molecular formula is C20H19N5OS. The van der Waals surface area contributed by atoms with Gasteiger partial charge in [-0.1, -0.05) is 0 Å². The Hall–Kier alpha value is -3.06. The van der Waals surface area contributed by atoms with Crippen LogP contribution in [0.2, 0.25) is 0 Å². The number of hydrogen-bond donors (Lipinski definition) is 2. The average Bonchev–Trinajstić information content (AvgIpc) is 3.43. The normalized spacial score (nSPS) is 13.8. The molecule has 1 fully saturated rings. The lowest BCUT2D eigenvalue weighted by Gasteiger charge is -2.04. The Morgan fingerprint density at radius 2 is 2.19 bits per heavy atom. The minimum atomic E-state index is 0.0315. The lowest BCUT2D eigenvalue weighted by Crippen LogP contribution is -2.14. The van der Waals surface area contributed by atoms with Gasteiger partial charge in [0.2, 0.25) is 5.91 Å². The van der Waals surface area contributed by atoms with Gasteiger partial charge in [-0.25, -0.2) is 9.97 Å². The summed E-state index contributed by atoms with van der Waals surface area (Å²) < 4.78 is 0. The lowest BCUT2D eigenvalue weighted by atomic mass is 10.2. The Morgan fingerprint density at radius 1 is 1.33 bits per heavy atom. The standard InChI is InChI=1S/C20H19N5OS/c1-12-6-17(27-11-12)15-8-16(19(21)24-10-15)23-9-13-4-5-22-18(7-13)25-20(26)14-2-3-14/h4-11,14H,2-3H2,1H3,(H2,21,24)(H,22,25,26). The largest absolute Gasteiger partial charge is 0.382 e. The van der Waals surface area contributed by atoms with Gasteiger partial charge >= 0.3 is 0 Å². The van der Waals surface area contributed by atoms with Crippen LogP contribution >= 0.6 is 11.3 Å². The van der Waals surface area contributed by atoms with Crippen molar-refractivity contribution >= 4 is 40.8 Å². The van der Waals surface area contributed by atoms with Crippen molar-refractivity contribution in [2.75, 3.05) is 11.1 Å². The van der Waals surface area contributed by atoms with Gasteiger partial charge in [-0.2, -0.15) is 0 Å². The number of aryl methyl sites for hydroxylation is 1. The van der Waals surface area contributed by atoms with E-state index in [0.717, 1.165) is 28.8 Å². The number of rotatable bonds is 5. The maximum absolute atomic E-state index is 11.9. The third-order valence-electron chi connectivity index (χ3n) is 4.25. The van der Waals surface area contributed by atoms with Crippen LogP contribution in [-0.2, 0) is 4.79 Å². The van der Waals surface area contributed by atoms with Crippen LogP contribution in [0.3, 0.4) is 0 Å². The van der Waals surface area contributed by atoms with Crippen molar-refractivity contribution in [2.45, 2.75) is 19.8 Å². The third-order valence-corrected chi connectivity index (χ3v) is 5.35. The maximum Gasteiger partial charge on any atom is 0.228 e. The zero-order chi connectivity index (χ0) is 18.8. The number of carbonyl (C=O) groups is 1. The number of nitrogens with zero attached hydrogens (tertiary/aromatic N) is 3. The molecule has 3 aromatic rings. The van der Waals surface area contributed by atoms with Gasteiger partial charge in [0.05, 0.1) is 0 Å². The fourth-order valence-electron chi connectivity index (χ4n) is 2.60. The van der Waals surface area contributed by atoms with Crippen LogP contribution in [0.4, 0.5) is 17.3 Å². The van der Waals surface area contributed by atoms with Crippen molar-refractivity contribution < 1.29 is 4.79 Å². The Labute approximate surface area is 161 Å². The number of hydrogen-bond acceptors (Lipinski definition) is 6. The van der Waals surface area contributed by atoms with Crippen LogP contribution in [0.25, 0.3) is 10.4 Å². The first kappa shape index (κ1) is 17.4. The molecule has 0 bridgehead atoms. The van der Waals surface area contributed by atoms with Gasteiger partial charge < -0.3 is 11.1 Å². The first-order valence-electron chi connectivity index (χ1n) is 8.70. The van der Waals surface area contributed by atoms with Crippen LogP contribution in [0.5, 0.6) is 0 Å². The van der Waals surface area contributed by atoms with Crippen LogP contribution in [0.1, 0.15) is 24.0 Å². The smallest absolute Gasteiger partial charge is 0.228 e. The number of anilines is 2. The number of thiophene rings is 1. The first-order chi connectivity index (χ1) is 13.1. The van der Waals surface area contributed by atoms with Gasteiger partial charge in [0.1, 0.15) is 17.3 Å². The molecule has 0 radical (unpaired) electrons. The Morgan fingerprint density at radius 3 is 2.93 bits per heavy atom. The summed E-state index contributed by atoms with van der Waals surface area (Å²) in [7, 11) is 0. The first-order valence-corrected chi connectivity index (χ1v) is 9.58. The molecule has 0 saturated heterocycles. The summed E-state index contributed by atoms with van der Waals surface area (Å²) in [6, 6.07) is 7.66. The molecule has 1 saturated carbocycles. The second-order valence-electron chi connectivity index (χ2n) is 6.61. The highest BCUT2D eigenvalue weighted by atomic mass is 32.1. The van der Waals surface area contributed by atoms with Crippen LogP contribution in [0.15, 0.2) is 47.0 Å². The molecule has 1 aliphatic carbocycles. The monoisotopic (exact) mass is 377 g/mol. The molecule has 0 aromatic carbocycles. The number of nitrogen functional groups attached to an aromatic ring is 1. The second-order valence-corrected chi connectivity index (χ2v) is 7.52. The van der Waals surface area contributed by atoms with Gasteiger partial charge in [0, 0.05) is 35.0 Å². The summed E-state index contributed by atoms with van der Waals surface area (Å²) in [5, 5.41) is 4.94. The van der Waals surface area contributed by atoms with Crippen molar-refractivity contribution in [1.29, 1.82) is 0 Å². The van der Waals surface area contributed by atoms with Gasteiger partial charge in [-0.15, -0.1) is 11.3 Å². The Bertz CT molecular complexity index is 1020. The minimum Gasteiger partial charge on any atom is -0.382 e. The van der Waals surface area contributed by atoms with E-state index in [1.807, 2.05) is 12.1 Å². The molecule has 136 valence electrons. The van der Waals surface area contributed by atoms with E-state index in [2.05, 4.69) is 38.6 Å². The molecule has 0 atom stereocenters. The zero-order valence-electron chi connectivity index (χ0n) is 14.8. The van der Waals surface area contributed by atoms with Crippen molar-refractivity contribution in [1.82, 2.24) is 9.97 Å². The fraction of sp³-hybridized carbons (Fsp3) is 0.200. The minimum absolute atomic E-state index is 0.0315. The van der Waals surface area contributed by atoms with E-state index in [1.54, 1.807) is 36.0 Å². The van der Waals surface area contributed by atoms with Crippen LogP contribution in [0, 0.1) is 12.8 Å². The number of nitrogens with one attached hydrogen (secondary N) is 1. The summed E-state index contributed by atoms with van der Waals surface area (Å²) in [6.45, 7) is 2.06. The number of aromatic nitrogens is 2. The highest BCUT2D eigenvalue weighted by molar-refractivity contribution is 7.13. The maximum atomic E-state index is 11.9. The number of carbonyl (C=O) groups excluding carboxylic acids is 1. The summed E-state index contributed by atoms with van der Waals surface area (Å²) in [6.07, 6.45) is 7.03. The summed E-state index contributed by atoms with van der Waals surface area (Å²) in [5.74, 6) is 1.08. The van der Waals surface area contributed by atoms with E-state index in [0.29, 0.717) is 17.3 Å². The molecule has 0 spiro atoms. The summed E-state index contributed by atoms with van der Waals surface area (Å²) in [5.41, 5.74) is 9.62. The SMILES string of the molecule is Cc1csc(-c2cnc(N)c(N=Cc3ccnc(NC(=O)C4CC4)c3)c2)c1. The highest BCUT2D eigenvalue weighted by Crippen LogP contribution is 2.31. The molecule has 27 heavy (non-hydrogen) atoms.